The van der Waals surface area contributed by atoms with Gasteiger partial charge in [0.05, 0.1) is 5.39 Å². The Balaban J connectivity index is 1.68. The number of aromatic nitrogens is 1. The second kappa shape index (κ2) is 6.64. The van der Waals surface area contributed by atoms with Crippen molar-refractivity contribution in [2.24, 2.45) is 0 Å². The van der Waals surface area contributed by atoms with Crippen LogP contribution in [0.4, 0.5) is 14.5 Å². The maximum absolute atomic E-state index is 13.7. The molecular weight excluding hydrogens is 350 g/mol. The van der Waals surface area contributed by atoms with E-state index in [9.17, 15) is 13.6 Å². The summed E-state index contributed by atoms with van der Waals surface area (Å²) >= 11 is 0. The normalized spacial score (nSPS) is 10.9. The number of rotatable bonds is 3. The maximum atomic E-state index is 13.7. The molecule has 4 nitrogen and oxygen atoms in total. The van der Waals surface area contributed by atoms with Gasteiger partial charge in [-0.3, -0.25) is 4.79 Å². The highest BCUT2D eigenvalue weighted by Gasteiger charge is 2.14. The van der Waals surface area contributed by atoms with Crippen molar-refractivity contribution in [3.05, 3.63) is 83.4 Å². The number of fused-ring (bicyclic) bond motifs is 1. The average Bonchev–Trinajstić information content (AvgIpc) is 3.08. The number of halogens is 2. The lowest BCUT2D eigenvalue weighted by Crippen LogP contribution is -2.12. The molecule has 0 spiro atoms. The van der Waals surface area contributed by atoms with Crippen molar-refractivity contribution in [3.8, 4) is 11.3 Å². The fraction of sp³-hybridized carbons (Fsp3) is 0.0476. The first-order valence-corrected chi connectivity index (χ1v) is 8.24. The lowest BCUT2D eigenvalue weighted by atomic mass is 10.1. The van der Waals surface area contributed by atoms with Gasteiger partial charge in [0.25, 0.3) is 5.91 Å². The lowest BCUT2D eigenvalue weighted by Gasteiger charge is -2.06. The molecule has 4 rings (SSSR count). The molecule has 134 valence electrons. The van der Waals surface area contributed by atoms with Crippen LogP contribution in [-0.2, 0) is 0 Å². The molecule has 0 fully saturated rings. The first-order valence-electron chi connectivity index (χ1n) is 8.24. The highest BCUT2D eigenvalue weighted by molar-refractivity contribution is 6.07. The first kappa shape index (κ1) is 16.9. The summed E-state index contributed by atoms with van der Waals surface area (Å²) in [5.74, 6) is -0.679. The minimum atomic E-state index is -0.388. The quantitative estimate of drug-likeness (QED) is 0.534. The van der Waals surface area contributed by atoms with Gasteiger partial charge in [-0.1, -0.05) is 11.2 Å². The van der Waals surface area contributed by atoms with Gasteiger partial charge in [0, 0.05) is 16.8 Å². The number of hydrogen-bond acceptors (Lipinski definition) is 3. The number of carbonyl (C=O) groups is 1. The van der Waals surface area contributed by atoms with Gasteiger partial charge in [-0.25, -0.2) is 8.78 Å². The molecule has 0 aliphatic carbocycles. The molecule has 0 unspecified atom stereocenters. The summed E-state index contributed by atoms with van der Waals surface area (Å²) in [6.07, 6.45) is 0. The van der Waals surface area contributed by atoms with Crippen LogP contribution in [0.25, 0.3) is 22.2 Å². The summed E-state index contributed by atoms with van der Waals surface area (Å²) in [6, 6.07) is 15.2. The summed E-state index contributed by atoms with van der Waals surface area (Å²) < 4.78 is 32.2. The number of carbonyl (C=O) groups excluding carboxylic acids is 1. The minimum Gasteiger partial charge on any atom is -0.355 e. The standard InChI is InChI=1S/C21H14F2N2O2/c1-12-2-8-16(11-18(12)23)24-21(26)14-5-9-19-17(10-14)20(27-25-19)13-3-6-15(22)7-4-13/h2-11H,1H3,(H,24,26). The van der Waals surface area contributed by atoms with E-state index in [4.69, 9.17) is 4.52 Å². The Morgan fingerprint density at radius 3 is 2.52 bits per heavy atom. The van der Waals surface area contributed by atoms with E-state index in [1.807, 2.05) is 0 Å². The monoisotopic (exact) mass is 364 g/mol. The zero-order chi connectivity index (χ0) is 19.0. The van der Waals surface area contributed by atoms with E-state index < -0.39 is 0 Å². The van der Waals surface area contributed by atoms with Crippen molar-refractivity contribution in [1.82, 2.24) is 5.16 Å². The van der Waals surface area contributed by atoms with Gasteiger partial charge >= 0.3 is 0 Å². The van der Waals surface area contributed by atoms with Gasteiger partial charge in [0.15, 0.2) is 5.76 Å². The maximum Gasteiger partial charge on any atom is 0.255 e. The number of amides is 1. The highest BCUT2D eigenvalue weighted by atomic mass is 19.1. The second-order valence-electron chi connectivity index (χ2n) is 6.17. The second-order valence-corrected chi connectivity index (χ2v) is 6.17. The Morgan fingerprint density at radius 2 is 1.78 bits per heavy atom. The summed E-state index contributed by atoms with van der Waals surface area (Å²) in [5, 5.41) is 7.27. The number of hydrogen-bond donors (Lipinski definition) is 1. The van der Waals surface area contributed by atoms with E-state index in [0.717, 1.165) is 0 Å². The van der Waals surface area contributed by atoms with Crippen molar-refractivity contribution < 1.29 is 18.1 Å². The largest absolute Gasteiger partial charge is 0.355 e. The Hall–Kier alpha value is -3.54. The number of nitrogens with zero attached hydrogens (tertiary/aromatic N) is 1. The molecule has 1 amide bonds. The van der Waals surface area contributed by atoms with Crippen LogP contribution in [0.3, 0.4) is 0 Å². The topological polar surface area (TPSA) is 55.1 Å². The number of nitrogens with one attached hydrogen (secondary N) is 1. The van der Waals surface area contributed by atoms with Gasteiger partial charge in [0.1, 0.15) is 17.2 Å². The third-order valence-electron chi connectivity index (χ3n) is 4.27. The molecule has 27 heavy (non-hydrogen) atoms. The fourth-order valence-electron chi connectivity index (χ4n) is 2.77. The smallest absolute Gasteiger partial charge is 0.255 e. The van der Waals surface area contributed by atoms with Gasteiger partial charge in [-0.15, -0.1) is 0 Å². The van der Waals surface area contributed by atoms with Gasteiger partial charge in [0.2, 0.25) is 0 Å². The third-order valence-corrected chi connectivity index (χ3v) is 4.27. The van der Waals surface area contributed by atoms with E-state index in [-0.39, 0.29) is 17.5 Å². The number of benzene rings is 3. The van der Waals surface area contributed by atoms with E-state index in [1.54, 1.807) is 49.4 Å². The van der Waals surface area contributed by atoms with Crippen LogP contribution in [0.5, 0.6) is 0 Å². The van der Waals surface area contributed by atoms with Crippen molar-refractivity contribution in [3.63, 3.8) is 0 Å². The first-order chi connectivity index (χ1) is 13.0. The SMILES string of the molecule is Cc1ccc(NC(=O)c2ccc3noc(-c4ccc(F)cc4)c3c2)cc1F. The third kappa shape index (κ3) is 3.29. The molecule has 0 saturated carbocycles. The van der Waals surface area contributed by atoms with E-state index in [1.165, 1.54) is 18.2 Å². The van der Waals surface area contributed by atoms with Crippen LogP contribution in [-0.4, -0.2) is 11.1 Å². The van der Waals surface area contributed by atoms with Gasteiger partial charge in [-0.2, -0.15) is 0 Å². The van der Waals surface area contributed by atoms with Crippen molar-refractivity contribution in [2.75, 3.05) is 5.32 Å². The van der Waals surface area contributed by atoms with Crippen molar-refractivity contribution in [1.29, 1.82) is 0 Å². The average molecular weight is 364 g/mol. The zero-order valence-corrected chi connectivity index (χ0v) is 14.3. The molecule has 0 saturated heterocycles. The molecular formula is C21H14F2N2O2. The van der Waals surface area contributed by atoms with Crippen LogP contribution in [0, 0.1) is 18.6 Å². The van der Waals surface area contributed by atoms with Crippen LogP contribution >= 0.6 is 0 Å². The molecule has 0 aliphatic heterocycles. The predicted molar refractivity (Wildman–Crippen MR) is 98.5 cm³/mol. The Labute approximate surface area is 153 Å². The van der Waals surface area contributed by atoms with Crippen molar-refractivity contribution in [2.45, 2.75) is 6.92 Å². The van der Waals surface area contributed by atoms with Crippen LogP contribution < -0.4 is 5.32 Å². The molecule has 4 aromatic rings. The van der Waals surface area contributed by atoms with Crippen LogP contribution in [0.1, 0.15) is 15.9 Å². The molecule has 0 aliphatic rings. The van der Waals surface area contributed by atoms with E-state index in [2.05, 4.69) is 10.5 Å². The number of aryl methyl sites for hydroxylation is 1. The minimum absolute atomic E-state index is 0.354. The van der Waals surface area contributed by atoms with Gasteiger partial charge in [-0.05, 0) is 67.1 Å². The number of anilines is 1. The Kier molecular flexibility index (Phi) is 4.16. The zero-order valence-electron chi connectivity index (χ0n) is 14.3. The molecule has 3 aromatic carbocycles. The molecule has 1 N–H and O–H groups in total. The molecule has 1 heterocycles. The fourth-order valence-corrected chi connectivity index (χ4v) is 2.77. The van der Waals surface area contributed by atoms with E-state index >= 15 is 0 Å². The lowest BCUT2D eigenvalue weighted by molar-refractivity contribution is 0.102. The summed E-state index contributed by atoms with van der Waals surface area (Å²) in [5.41, 5.74) is 2.47. The molecule has 6 heteroatoms. The molecule has 0 radical (unpaired) electrons. The summed E-state index contributed by atoms with van der Waals surface area (Å²) in [4.78, 5) is 12.5. The molecule has 1 aromatic heterocycles. The molecule has 0 bridgehead atoms. The predicted octanol–water partition coefficient (Wildman–Crippen LogP) is 5.33. The van der Waals surface area contributed by atoms with E-state index in [0.29, 0.717) is 39.0 Å². The summed E-state index contributed by atoms with van der Waals surface area (Å²) in [6.45, 7) is 1.65. The van der Waals surface area contributed by atoms with Crippen LogP contribution in [0.15, 0.2) is 65.2 Å². The van der Waals surface area contributed by atoms with Crippen molar-refractivity contribution >= 4 is 22.5 Å². The Bertz CT molecular complexity index is 1150. The highest BCUT2D eigenvalue weighted by Crippen LogP contribution is 2.29. The van der Waals surface area contributed by atoms with Crippen LogP contribution in [0.2, 0.25) is 0 Å². The Morgan fingerprint density at radius 1 is 1.00 bits per heavy atom. The summed E-state index contributed by atoms with van der Waals surface area (Å²) in [7, 11) is 0. The molecule has 0 atom stereocenters. The van der Waals surface area contributed by atoms with Gasteiger partial charge < -0.3 is 9.84 Å².